The zero-order valence-electron chi connectivity index (χ0n) is 27.8. The number of carbonyl (C=O) groups is 2. The molecule has 2 aromatic rings. The molecule has 2 aromatic carbocycles. The Morgan fingerprint density at radius 3 is 2.16 bits per heavy atom. The molecule has 0 aliphatic carbocycles. The lowest BCUT2D eigenvalue weighted by Gasteiger charge is -2.42. The zero-order valence-corrected chi connectivity index (χ0v) is 27.8. The van der Waals surface area contributed by atoms with Crippen LogP contribution in [0.2, 0.25) is 0 Å². The van der Waals surface area contributed by atoms with Crippen LogP contribution in [0.1, 0.15) is 61.8 Å². The van der Waals surface area contributed by atoms with E-state index in [2.05, 4.69) is 65.6 Å². The van der Waals surface area contributed by atoms with Crippen molar-refractivity contribution in [3.05, 3.63) is 64.7 Å². The number of nitrogens with two attached hydrogens (primary N) is 1. The van der Waals surface area contributed by atoms with Gasteiger partial charge in [0.2, 0.25) is 5.91 Å². The monoisotopic (exact) mass is 617 g/mol. The number of aryl methyl sites for hydroxylation is 2. The number of rotatable bonds is 10. The van der Waals surface area contributed by atoms with Crippen molar-refractivity contribution in [3.8, 4) is 0 Å². The van der Waals surface area contributed by atoms with Crippen LogP contribution in [0.3, 0.4) is 0 Å². The summed E-state index contributed by atoms with van der Waals surface area (Å²) < 4.78 is 0. The molecule has 9 heteroatoms. The summed E-state index contributed by atoms with van der Waals surface area (Å²) in [6, 6.07) is 14.7. The van der Waals surface area contributed by atoms with Crippen LogP contribution in [0.15, 0.2) is 42.5 Å². The van der Waals surface area contributed by atoms with Crippen LogP contribution in [0.5, 0.6) is 0 Å². The summed E-state index contributed by atoms with van der Waals surface area (Å²) in [5.41, 5.74) is 11.8. The maximum atomic E-state index is 14.1. The van der Waals surface area contributed by atoms with E-state index < -0.39 is 6.04 Å². The molecule has 3 aliphatic heterocycles. The summed E-state index contributed by atoms with van der Waals surface area (Å²) >= 11 is 0. The maximum absolute atomic E-state index is 14.1. The Bertz CT molecular complexity index is 1260. The van der Waals surface area contributed by atoms with E-state index in [1.165, 1.54) is 11.1 Å². The van der Waals surface area contributed by atoms with E-state index in [1.54, 1.807) is 0 Å². The summed E-state index contributed by atoms with van der Waals surface area (Å²) in [5, 5.41) is 6.82. The van der Waals surface area contributed by atoms with Crippen molar-refractivity contribution >= 4 is 17.6 Å². The molecule has 9 nitrogen and oxygen atoms in total. The molecule has 246 valence electrons. The Hall–Kier alpha value is -3.14. The number of benzene rings is 2. The predicted molar refractivity (Wildman–Crippen MR) is 182 cm³/mol. The second-order valence-corrected chi connectivity index (χ2v) is 13.3. The topological polar surface area (TPSA) is 97.2 Å². The number of carbonyl (C=O) groups excluding carboxylic acids is 2. The minimum atomic E-state index is -0.577. The fourth-order valence-electron chi connectivity index (χ4n) is 7.25. The van der Waals surface area contributed by atoms with Crippen LogP contribution < -0.4 is 16.4 Å². The highest BCUT2D eigenvalue weighted by molar-refractivity contribution is 5.87. The van der Waals surface area contributed by atoms with Gasteiger partial charge in [-0.15, -0.1) is 0 Å². The van der Waals surface area contributed by atoms with Crippen LogP contribution in [0.4, 0.5) is 10.5 Å². The Labute approximate surface area is 270 Å². The number of nitrogen functional groups attached to an aromatic ring is 1. The number of para-hydroxylation sites is 1. The first kappa shape index (κ1) is 33.2. The van der Waals surface area contributed by atoms with Crippen molar-refractivity contribution in [2.75, 3.05) is 65.1 Å². The molecule has 0 saturated carbocycles. The van der Waals surface area contributed by atoms with Crippen LogP contribution in [0.25, 0.3) is 0 Å². The van der Waals surface area contributed by atoms with Crippen molar-refractivity contribution in [3.63, 3.8) is 0 Å². The molecule has 3 fully saturated rings. The summed E-state index contributed by atoms with van der Waals surface area (Å²) in [5.74, 6) is 0.0507. The predicted octanol–water partition coefficient (Wildman–Crippen LogP) is 3.51. The molecule has 3 heterocycles. The Balaban J connectivity index is 1.19. The molecule has 0 spiro atoms. The zero-order chi connectivity index (χ0) is 31.8. The molecule has 3 aliphatic rings. The number of urea groups is 1. The molecule has 1 unspecified atom stereocenters. The average Bonchev–Trinajstić information content (AvgIpc) is 3.08. The normalized spacial score (nSPS) is 19.9. The van der Waals surface area contributed by atoms with Gasteiger partial charge in [0, 0.05) is 83.1 Å². The van der Waals surface area contributed by atoms with Crippen LogP contribution in [-0.4, -0.2) is 109 Å². The van der Waals surface area contributed by atoms with E-state index >= 15 is 0 Å². The highest BCUT2D eigenvalue weighted by Gasteiger charge is 2.33. The lowest BCUT2D eigenvalue weighted by Crippen LogP contribution is -2.57. The molecule has 0 aromatic heterocycles. The molecule has 0 radical (unpaired) electrons. The van der Waals surface area contributed by atoms with Gasteiger partial charge < -0.3 is 31.1 Å². The molecule has 45 heavy (non-hydrogen) atoms. The van der Waals surface area contributed by atoms with Gasteiger partial charge in [-0.05, 0) is 73.9 Å². The van der Waals surface area contributed by atoms with E-state index in [0.717, 1.165) is 101 Å². The smallest absolute Gasteiger partial charge is 0.318 e. The molecule has 3 amide bonds. The number of nitrogens with zero attached hydrogens (tertiary/aromatic N) is 4. The van der Waals surface area contributed by atoms with Crippen LogP contribution in [0, 0.1) is 0 Å². The molecule has 5 rings (SSSR count). The number of piperidine rings is 2. The fourth-order valence-corrected chi connectivity index (χ4v) is 7.25. The standard InChI is InChI=1S/C36H55N7O2/c1-4-28-11-10-27(24-29(28)5-2)25-34(35(44)42-18-14-32(15-19-42)41-22-20-40(3)21-23-41)39-36(45)43-16-12-31(13-17-43)38-26-30-8-6-7-9-33(30)37/h6-11,24,31-32,34,38H,4-5,12-23,25-26,37H2,1-3H3,(H,39,45). The van der Waals surface area contributed by atoms with Crippen molar-refractivity contribution in [2.45, 2.75) is 83.5 Å². The summed E-state index contributed by atoms with van der Waals surface area (Å²) in [7, 11) is 2.19. The van der Waals surface area contributed by atoms with Gasteiger partial charge >= 0.3 is 6.03 Å². The minimum absolute atomic E-state index is 0.0507. The number of hydrogen-bond acceptors (Lipinski definition) is 6. The third-order valence-electron chi connectivity index (χ3n) is 10.3. The van der Waals surface area contributed by atoms with Crippen LogP contribution >= 0.6 is 0 Å². The van der Waals surface area contributed by atoms with Gasteiger partial charge in [0.25, 0.3) is 0 Å². The fraction of sp³-hybridized carbons (Fsp3) is 0.611. The highest BCUT2D eigenvalue weighted by Crippen LogP contribution is 2.21. The quantitative estimate of drug-likeness (QED) is 0.353. The first-order chi connectivity index (χ1) is 21.8. The number of piperazine rings is 1. The van der Waals surface area contributed by atoms with E-state index in [0.29, 0.717) is 31.6 Å². The summed E-state index contributed by atoms with van der Waals surface area (Å²) in [6.07, 6.45) is 6.20. The Kier molecular flexibility index (Phi) is 11.8. The second kappa shape index (κ2) is 15.9. The van der Waals surface area contributed by atoms with Gasteiger partial charge in [-0.25, -0.2) is 4.79 Å². The van der Waals surface area contributed by atoms with Gasteiger partial charge in [0.15, 0.2) is 0 Å². The van der Waals surface area contributed by atoms with Gasteiger partial charge in [0.1, 0.15) is 6.04 Å². The first-order valence-electron chi connectivity index (χ1n) is 17.3. The molecule has 1 atom stereocenters. The second-order valence-electron chi connectivity index (χ2n) is 13.3. The number of amides is 3. The van der Waals surface area contributed by atoms with Crippen molar-refractivity contribution in [2.24, 2.45) is 0 Å². The summed E-state index contributed by atoms with van der Waals surface area (Å²) in [4.78, 5) is 36.6. The van der Waals surface area contributed by atoms with Crippen LogP contribution in [-0.2, 0) is 30.6 Å². The van der Waals surface area contributed by atoms with E-state index in [1.807, 2.05) is 28.0 Å². The third kappa shape index (κ3) is 8.77. The lowest BCUT2D eigenvalue weighted by molar-refractivity contribution is -0.135. The van der Waals surface area contributed by atoms with E-state index in [4.69, 9.17) is 5.73 Å². The van der Waals surface area contributed by atoms with E-state index in [9.17, 15) is 9.59 Å². The van der Waals surface area contributed by atoms with Crippen molar-refractivity contribution in [1.82, 2.24) is 30.2 Å². The Morgan fingerprint density at radius 2 is 1.49 bits per heavy atom. The average molecular weight is 618 g/mol. The summed E-state index contributed by atoms with van der Waals surface area (Å²) in [6.45, 7) is 12.3. The number of likely N-dealkylation sites (tertiary alicyclic amines) is 2. The first-order valence-corrected chi connectivity index (χ1v) is 17.3. The molecular formula is C36H55N7O2. The van der Waals surface area contributed by atoms with Gasteiger partial charge in [-0.3, -0.25) is 9.69 Å². The van der Waals surface area contributed by atoms with E-state index in [-0.39, 0.29) is 11.9 Å². The molecule has 0 bridgehead atoms. The number of nitrogens with one attached hydrogen (secondary N) is 2. The van der Waals surface area contributed by atoms with Crippen molar-refractivity contribution < 1.29 is 9.59 Å². The third-order valence-corrected chi connectivity index (χ3v) is 10.3. The number of hydrogen-bond donors (Lipinski definition) is 3. The highest BCUT2D eigenvalue weighted by atomic mass is 16.2. The van der Waals surface area contributed by atoms with Crippen molar-refractivity contribution in [1.29, 1.82) is 0 Å². The number of likely N-dealkylation sites (N-methyl/N-ethyl adjacent to an activating group) is 1. The molecular weight excluding hydrogens is 562 g/mol. The molecule has 3 saturated heterocycles. The maximum Gasteiger partial charge on any atom is 0.318 e. The van der Waals surface area contributed by atoms with Gasteiger partial charge in [-0.1, -0.05) is 50.2 Å². The molecule has 4 N–H and O–H groups in total. The largest absolute Gasteiger partial charge is 0.398 e. The SMILES string of the molecule is CCc1ccc(CC(NC(=O)N2CCC(NCc3ccccc3N)CC2)C(=O)N2CCC(N3CCN(C)CC3)CC2)cc1CC. The number of anilines is 1. The minimum Gasteiger partial charge on any atom is -0.398 e. The lowest BCUT2D eigenvalue weighted by atomic mass is 9.95. The van der Waals surface area contributed by atoms with Gasteiger partial charge in [0.05, 0.1) is 0 Å². The van der Waals surface area contributed by atoms with Gasteiger partial charge in [-0.2, -0.15) is 0 Å². The Morgan fingerprint density at radius 1 is 0.822 bits per heavy atom.